The van der Waals surface area contributed by atoms with E-state index in [0.717, 1.165) is 34.1 Å². The van der Waals surface area contributed by atoms with Gasteiger partial charge in [0.2, 0.25) is 11.1 Å². The Morgan fingerprint density at radius 3 is 3.27 bits per heavy atom. The zero-order valence-corrected chi connectivity index (χ0v) is 16.8. The number of hydrogen-bond acceptors (Lipinski definition) is 8. The zero-order valence-electron chi connectivity index (χ0n) is 13.6. The summed E-state index contributed by atoms with van der Waals surface area (Å²) >= 11 is 6.18. The van der Waals surface area contributed by atoms with Crippen LogP contribution in [0.4, 0.5) is 5.13 Å². The van der Waals surface area contributed by atoms with Gasteiger partial charge in [-0.15, -0.1) is 5.10 Å². The van der Waals surface area contributed by atoms with Gasteiger partial charge in [0.15, 0.2) is 5.13 Å². The van der Waals surface area contributed by atoms with Crippen LogP contribution >= 0.6 is 39.0 Å². The number of thioether (sulfide) groups is 1. The minimum Gasteiger partial charge on any atom is -0.376 e. The molecule has 2 aromatic heterocycles. The first-order chi connectivity index (χ1) is 12.7. The minimum absolute atomic E-state index is 0.139. The van der Waals surface area contributed by atoms with Crippen molar-refractivity contribution in [3.05, 3.63) is 22.7 Å². The lowest BCUT2D eigenvalue weighted by molar-refractivity contribution is -0.113. The van der Waals surface area contributed by atoms with Crippen molar-refractivity contribution in [2.75, 3.05) is 17.7 Å². The standard InChI is InChI=1S/C15H15BrN6O2S2/c16-9-3-4-11-12(6-9)26-14(17-11)18-13(23)8-25-15-19-20-21-22(15)7-10-2-1-5-24-10/h3-4,6,10H,1-2,5,7-8H2,(H,17,18,23)/t10-/m1/s1. The van der Waals surface area contributed by atoms with Crippen molar-refractivity contribution < 1.29 is 9.53 Å². The summed E-state index contributed by atoms with van der Waals surface area (Å²) in [6.45, 7) is 1.40. The van der Waals surface area contributed by atoms with E-state index in [2.05, 4.69) is 41.8 Å². The van der Waals surface area contributed by atoms with Crippen LogP contribution in [0.1, 0.15) is 12.8 Å². The predicted octanol–water partition coefficient (Wildman–Crippen LogP) is 2.96. The summed E-state index contributed by atoms with van der Waals surface area (Å²) < 4.78 is 9.31. The maximum Gasteiger partial charge on any atom is 0.236 e. The van der Waals surface area contributed by atoms with Crippen LogP contribution < -0.4 is 5.32 Å². The first kappa shape index (κ1) is 17.8. The Morgan fingerprint density at radius 1 is 1.50 bits per heavy atom. The van der Waals surface area contributed by atoms with E-state index in [1.807, 2.05) is 18.2 Å². The van der Waals surface area contributed by atoms with Crippen molar-refractivity contribution in [1.29, 1.82) is 0 Å². The minimum atomic E-state index is -0.139. The lowest BCUT2D eigenvalue weighted by Crippen LogP contribution is -2.18. The first-order valence-electron chi connectivity index (χ1n) is 8.04. The lowest BCUT2D eigenvalue weighted by Gasteiger charge is -2.09. The molecule has 1 fully saturated rings. The topological polar surface area (TPSA) is 94.8 Å². The monoisotopic (exact) mass is 454 g/mol. The van der Waals surface area contributed by atoms with Crippen LogP contribution in [0.3, 0.4) is 0 Å². The number of thiazole rings is 1. The first-order valence-corrected chi connectivity index (χ1v) is 10.6. The number of ether oxygens (including phenoxy) is 1. The Hall–Kier alpha value is -1.56. The fraction of sp³-hybridized carbons (Fsp3) is 0.400. The van der Waals surface area contributed by atoms with Gasteiger partial charge in [-0.3, -0.25) is 4.79 Å². The van der Waals surface area contributed by atoms with E-state index in [4.69, 9.17) is 4.74 Å². The molecule has 8 nitrogen and oxygen atoms in total. The third kappa shape index (κ3) is 4.22. The quantitative estimate of drug-likeness (QED) is 0.571. The van der Waals surface area contributed by atoms with Crippen molar-refractivity contribution in [3.63, 3.8) is 0 Å². The second-order valence-electron chi connectivity index (χ2n) is 5.75. The van der Waals surface area contributed by atoms with Crippen molar-refractivity contribution in [3.8, 4) is 0 Å². The molecule has 1 aromatic carbocycles. The number of hydrogen-bond donors (Lipinski definition) is 1. The third-order valence-electron chi connectivity index (χ3n) is 3.83. The molecule has 136 valence electrons. The Balaban J connectivity index is 1.34. The summed E-state index contributed by atoms with van der Waals surface area (Å²) in [5, 5.41) is 15.7. The molecule has 3 heterocycles. The molecule has 4 rings (SSSR count). The number of benzene rings is 1. The molecule has 11 heteroatoms. The summed E-state index contributed by atoms with van der Waals surface area (Å²) in [5.41, 5.74) is 0.863. The summed E-state index contributed by atoms with van der Waals surface area (Å²) in [6, 6.07) is 5.83. The molecule has 0 bridgehead atoms. The van der Waals surface area contributed by atoms with Crippen LogP contribution in [0.2, 0.25) is 0 Å². The second-order valence-corrected chi connectivity index (χ2v) is 8.64. The molecular formula is C15H15BrN6O2S2. The Kier molecular flexibility index (Phi) is 5.48. The van der Waals surface area contributed by atoms with Gasteiger partial charge < -0.3 is 10.1 Å². The highest BCUT2D eigenvalue weighted by molar-refractivity contribution is 9.10. The number of fused-ring (bicyclic) bond motifs is 1. The molecular weight excluding hydrogens is 440 g/mol. The molecule has 1 aliphatic rings. The van der Waals surface area contributed by atoms with Gasteiger partial charge in [0, 0.05) is 11.1 Å². The lowest BCUT2D eigenvalue weighted by atomic mass is 10.2. The largest absolute Gasteiger partial charge is 0.376 e. The summed E-state index contributed by atoms with van der Waals surface area (Å²) in [7, 11) is 0. The van der Waals surface area contributed by atoms with Gasteiger partial charge in [0.1, 0.15) is 0 Å². The highest BCUT2D eigenvalue weighted by Gasteiger charge is 2.19. The fourth-order valence-corrected chi connectivity index (χ4v) is 4.75. The van der Waals surface area contributed by atoms with Crippen LogP contribution in [-0.2, 0) is 16.1 Å². The van der Waals surface area contributed by atoms with Gasteiger partial charge in [-0.2, -0.15) is 0 Å². The van der Waals surface area contributed by atoms with Crippen molar-refractivity contribution in [2.45, 2.75) is 30.6 Å². The molecule has 1 N–H and O–H groups in total. The number of halogens is 1. The Labute approximate surface area is 165 Å². The van der Waals surface area contributed by atoms with E-state index in [9.17, 15) is 4.79 Å². The molecule has 0 saturated carbocycles. The SMILES string of the molecule is O=C(CSc1nnnn1C[C@H]1CCCO1)Nc1nc2ccc(Br)cc2s1. The molecule has 1 saturated heterocycles. The molecule has 0 spiro atoms. The van der Waals surface area contributed by atoms with Gasteiger partial charge in [-0.1, -0.05) is 39.0 Å². The normalized spacial score (nSPS) is 17.0. The number of nitrogens with one attached hydrogen (secondary N) is 1. The Morgan fingerprint density at radius 2 is 2.42 bits per heavy atom. The molecule has 0 aliphatic carbocycles. The summed E-state index contributed by atoms with van der Waals surface area (Å²) in [5.74, 6) is 0.0747. The van der Waals surface area contributed by atoms with Crippen molar-refractivity contribution in [1.82, 2.24) is 25.2 Å². The van der Waals surface area contributed by atoms with Crippen molar-refractivity contribution in [2.24, 2.45) is 0 Å². The molecule has 1 amide bonds. The van der Waals surface area contributed by atoms with Gasteiger partial charge in [0.25, 0.3) is 0 Å². The average molecular weight is 455 g/mol. The maximum absolute atomic E-state index is 12.2. The third-order valence-corrected chi connectivity index (χ3v) is 6.21. The van der Waals surface area contributed by atoms with E-state index >= 15 is 0 Å². The number of rotatable bonds is 6. The van der Waals surface area contributed by atoms with Crippen LogP contribution in [0, 0.1) is 0 Å². The highest BCUT2D eigenvalue weighted by Crippen LogP contribution is 2.28. The van der Waals surface area contributed by atoms with E-state index in [0.29, 0.717) is 16.8 Å². The smallest absolute Gasteiger partial charge is 0.236 e. The van der Waals surface area contributed by atoms with E-state index in [-0.39, 0.29) is 17.8 Å². The maximum atomic E-state index is 12.2. The zero-order chi connectivity index (χ0) is 17.9. The number of carbonyl (C=O) groups excluding carboxylic acids is 1. The molecule has 3 aromatic rings. The fourth-order valence-electron chi connectivity index (χ4n) is 2.63. The van der Waals surface area contributed by atoms with Crippen LogP contribution in [-0.4, -0.2) is 49.6 Å². The van der Waals surface area contributed by atoms with Crippen LogP contribution in [0.25, 0.3) is 10.2 Å². The molecule has 1 atom stereocenters. The molecule has 0 unspecified atom stereocenters. The number of anilines is 1. The second kappa shape index (κ2) is 7.99. The highest BCUT2D eigenvalue weighted by atomic mass is 79.9. The number of carbonyl (C=O) groups is 1. The van der Waals surface area contributed by atoms with Crippen LogP contribution in [0.15, 0.2) is 27.8 Å². The number of amides is 1. The van der Waals surface area contributed by atoms with Gasteiger partial charge >= 0.3 is 0 Å². The van der Waals surface area contributed by atoms with Gasteiger partial charge in [-0.05, 0) is 41.5 Å². The van der Waals surface area contributed by atoms with Gasteiger partial charge in [0.05, 0.1) is 28.6 Å². The Bertz CT molecular complexity index is 924. The number of tetrazole rings is 1. The molecule has 1 aliphatic heterocycles. The van der Waals surface area contributed by atoms with Gasteiger partial charge in [-0.25, -0.2) is 9.67 Å². The van der Waals surface area contributed by atoms with E-state index in [1.54, 1.807) is 4.68 Å². The molecule has 0 radical (unpaired) electrons. The molecule has 26 heavy (non-hydrogen) atoms. The van der Waals surface area contributed by atoms with E-state index < -0.39 is 0 Å². The summed E-state index contributed by atoms with van der Waals surface area (Å²) in [6.07, 6.45) is 2.22. The number of nitrogens with zero attached hydrogens (tertiary/aromatic N) is 5. The van der Waals surface area contributed by atoms with Crippen LogP contribution in [0.5, 0.6) is 0 Å². The summed E-state index contributed by atoms with van der Waals surface area (Å²) in [4.78, 5) is 16.6. The van der Waals surface area contributed by atoms with Crippen molar-refractivity contribution >= 4 is 60.3 Å². The average Bonchev–Trinajstić information content (AvgIpc) is 3.34. The predicted molar refractivity (Wildman–Crippen MR) is 103 cm³/mol. The number of aromatic nitrogens is 5. The van der Waals surface area contributed by atoms with E-state index in [1.165, 1.54) is 23.1 Å².